The van der Waals surface area contributed by atoms with Crippen LogP contribution in [-0.4, -0.2) is 0 Å². The van der Waals surface area contributed by atoms with Crippen LogP contribution >= 0.6 is 32.7 Å². The first kappa shape index (κ1) is 5.71. The fraction of sp³-hybridized carbons (Fsp3) is 0. The average molecular weight is 343 g/mol. The Hall–Kier alpha value is 1.71. The molecule has 0 aromatic heterocycles. The first-order chi connectivity index (χ1) is 1.73. The molecule has 0 atom stereocenters. The fourth-order valence-electron chi connectivity index (χ4n) is 0. The van der Waals surface area contributed by atoms with Gasteiger partial charge in [-0.25, -0.2) is 0 Å². The molecule has 0 aromatic rings. The van der Waals surface area contributed by atoms with Crippen molar-refractivity contribution in [2.24, 2.45) is 0 Å². The Kier molecular flexibility index (Phi) is 4.17. The monoisotopic (exact) mass is 342 g/mol. The molecule has 0 aliphatic carbocycles. The summed E-state index contributed by atoms with van der Waals surface area (Å²) in [6.07, 6.45) is 0. The summed E-state index contributed by atoms with van der Waals surface area (Å²) in [5.74, 6) is 0. The third kappa shape index (κ3) is 9.32. The molecule has 0 fully saturated rings. The van der Waals surface area contributed by atoms with Gasteiger partial charge >= 0.3 is 45.1 Å². The third-order valence-corrected chi connectivity index (χ3v) is 0. The van der Waals surface area contributed by atoms with Gasteiger partial charge < -0.3 is 0 Å². The van der Waals surface area contributed by atoms with E-state index in [2.05, 4.69) is 13.5 Å². The van der Waals surface area contributed by atoms with Crippen molar-refractivity contribution in [3.63, 3.8) is 0 Å². The predicted octanol–water partition coefficient (Wildman–Crippen LogP) is 2.22. The maximum absolute atomic E-state index is 5.12. The summed E-state index contributed by atoms with van der Waals surface area (Å²) in [6, 6.07) is 0. The van der Waals surface area contributed by atoms with Crippen molar-refractivity contribution in [2.45, 2.75) is 0 Å². The van der Waals surface area contributed by atoms with Crippen molar-refractivity contribution < 1.29 is 12.5 Å². The van der Waals surface area contributed by atoms with Crippen LogP contribution in [0.5, 0.6) is 0 Å². The van der Waals surface area contributed by atoms with Crippen molar-refractivity contribution in [3.8, 4) is 0 Å². The summed E-state index contributed by atoms with van der Waals surface area (Å²) < 4.78 is 0. The van der Waals surface area contributed by atoms with Gasteiger partial charge in [0.1, 0.15) is 0 Å². The second-order valence-electron chi connectivity index (χ2n) is 0.143. The van der Waals surface area contributed by atoms with Gasteiger partial charge in [-0.1, -0.05) is 0 Å². The SMILES string of the molecule is [Cl][Ir]([Cl])[Br]. The van der Waals surface area contributed by atoms with Gasteiger partial charge in [-0.3, -0.25) is 0 Å². The van der Waals surface area contributed by atoms with Gasteiger partial charge in [0.25, 0.3) is 0 Å². The molecule has 0 aliphatic heterocycles. The minimum absolute atomic E-state index is 1.58. The third-order valence-electron chi connectivity index (χ3n) is 0. The average Bonchev–Trinajstić information content (AvgIpc) is 0.811. The molecule has 0 aromatic carbocycles. The van der Waals surface area contributed by atoms with E-state index >= 15 is 0 Å². The summed E-state index contributed by atoms with van der Waals surface area (Å²) in [7, 11) is 10.2. The van der Waals surface area contributed by atoms with E-state index in [-0.39, 0.29) is 0 Å². The Morgan fingerprint density at radius 2 is 1.50 bits per heavy atom. The van der Waals surface area contributed by atoms with Gasteiger partial charge in [-0.2, -0.15) is 0 Å². The summed E-state index contributed by atoms with van der Waals surface area (Å²) >= 11 is 1.39. The van der Waals surface area contributed by atoms with Crippen molar-refractivity contribution in [1.82, 2.24) is 0 Å². The van der Waals surface area contributed by atoms with E-state index in [1.54, 1.807) is 0 Å². The zero-order valence-corrected chi connectivity index (χ0v) is 6.96. The van der Waals surface area contributed by atoms with Crippen molar-refractivity contribution in [3.05, 3.63) is 0 Å². The van der Waals surface area contributed by atoms with Crippen LogP contribution in [0.1, 0.15) is 0 Å². The number of halogens is 3. The Morgan fingerprint density at radius 1 is 1.50 bits per heavy atom. The molecular formula is BrCl2Ir. The molecule has 4 heavy (non-hydrogen) atoms. The van der Waals surface area contributed by atoms with E-state index in [0.717, 1.165) is 0 Å². The van der Waals surface area contributed by atoms with Crippen LogP contribution in [-0.2, 0) is 12.5 Å². The van der Waals surface area contributed by atoms with Crippen LogP contribution in [0.15, 0.2) is 0 Å². The second kappa shape index (κ2) is 2.92. The van der Waals surface area contributed by atoms with Gasteiger partial charge in [0, 0.05) is 0 Å². The summed E-state index contributed by atoms with van der Waals surface area (Å²) in [5.41, 5.74) is 0. The molecule has 0 spiro atoms. The molecule has 0 bridgehead atoms. The van der Waals surface area contributed by atoms with Crippen molar-refractivity contribution >= 4 is 32.7 Å². The zero-order valence-electron chi connectivity index (χ0n) is 1.47. The summed E-state index contributed by atoms with van der Waals surface area (Å²) in [4.78, 5) is 0. The van der Waals surface area contributed by atoms with Gasteiger partial charge in [-0.15, -0.1) is 0 Å². The summed E-state index contributed by atoms with van der Waals surface area (Å²) in [6.45, 7) is 0. The quantitative estimate of drug-likeness (QED) is 0.633. The van der Waals surface area contributed by atoms with Gasteiger partial charge in [0.2, 0.25) is 0 Å². The van der Waals surface area contributed by atoms with Gasteiger partial charge in [-0.05, 0) is 0 Å². The Labute approximate surface area is 44.9 Å². The molecule has 0 heterocycles. The van der Waals surface area contributed by atoms with Gasteiger partial charge in [0.05, 0.1) is 0 Å². The predicted molar refractivity (Wildman–Crippen MR) is 20.6 cm³/mol. The van der Waals surface area contributed by atoms with E-state index in [1.807, 2.05) is 0 Å². The van der Waals surface area contributed by atoms with E-state index in [4.69, 9.17) is 19.2 Å². The Morgan fingerprint density at radius 3 is 1.50 bits per heavy atom. The molecular weight excluding hydrogens is 343 g/mol. The Balaban J connectivity index is 2.32. The number of hydrogen-bond donors (Lipinski definition) is 0. The molecule has 0 unspecified atom stereocenters. The number of hydrogen-bond acceptors (Lipinski definition) is 0. The van der Waals surface area contributed by atoms with E-state index in [1.165, 1.54) is 0 Å². The fourth-order valence-corrected chi connectivity index (χ4v) is 0. The molecule has 4 heteroatoms. The molecule has 0 rings (SSSR count). The molecule has 30 valence electrons. The molecule has 0 amide bonds. The van der Waals surface area contributed by atoms with Crippen LogP contribution < -0.4 is 0 Å². The standard InChI is InChI=1S/BrH.2ClH.Ir/h3*1H;/q;;;+3/p-3. The van der Waals surface area contributed by atoms with Crippen LogP contribution in [0, 0.1) is 0 Å². The number of rotatable bonds is 0. The van der Waals surface area contributed by atoms with E-state index < -0.39 is 12.5 Å². The first-order valence-electron chi connectivity index (χ1n) is 0.378. The maximum atomic E-state index is 5.12. The molecule has 0 N–H and O–H groups in total. The van der Waals surface area contributed by atoms with Crippen molar-refractivity contribution in [1.29, 1.82) is 0 Å². The van der Waals surface area contributed by atoms with E-state index in [9.17, 15) is 0 Å². The molecule has 0 saturated heterocycles. The zero-order chi connectivity index (χ0) is 3.58. The van der Waals surface area contributed by atoms with E-state index in [0.29, 0.717) is 0 Å². The topological polar surface area (TPSA) is 0 Å². The Bertz CT molecular complexity index is 10.8. The summed E-state index contributed by atoms with van der Waals surface area (Å²) in [5, 5.41) is 0. The first-order valence-corrected chi connectivity index (χ1v) is 11.5. The minimum atomic E-state index is -1.58. The molecule has 0 nitrogen and oxygen atoms in total. The van der Waals surface area contributed by atoms with Crippen LogP contribution in [0.25, 0.3) is 0 Å². The van der Waals surface area contributed by atoms with Crippen LogP contribution in [0.4, 0.5) is 0 Å². The molecule has 0 saturated carbocycles. The van der Waals surface area contributed by atoms with Crippen LogP contribution in [0.2, 0.25) is 0 Å². The molecule has 0 aliphatic rings. The second-order valence-corrected chi connectivity index (χ2v) is 15.7. The van der Waals surface area contributed by atoms with Crippen LogP contribution in [0.3, 0.4) is 0 Å². The van der Waals surface area contributed by atoms with Gasteiger partial charge in [0.15, 0.2) is 0 Å². The molecule has 0 radical (unpaired) electrons. The van der Waals surface area contributed by atoms with Crippen molar-refractivity contribution in [2.75, 3.05) is 0 Å². The normalized spacial score (nSPS) is 11.2.